The van der Waals surface area contributed by atoms with Gasteiger partial charge in [0.15, 0.2) is 5.82 Å². The number of pyridine rings is 1. The molecule has 0 radical (unpaired) electrons. The van der Waals surface area contributed by atoms with Gasteiger partial charge in [-0.2, -0.15) is 0 Å². The Balaban J connectivity index is 1.46. The fraction of sp³-hybridized carbons (Fsp3) is 0.167. The van der Waals surface area contributed by atoms with Gasteiger partial charge in [0.25, 0.3) is 5.91 Å². The van der Waals surface area contributed by atoms with Gasteiger partial charge in [-0.1, -0.05) is 0 Å². The number of anilines is 2. The van der Waals surface area contributed by atoms with Crippen LogP contribution in [0.5, 0.6) is 0 Å². The Morgan fingerprint density at radius 2 is 1.83 bits per heavy atom. The van der Waals surface area contributed by atoms with Gasteiger partial charge in [-0.05, 0) is 67.4 Å². The van der Waals surface area contributed by atoms with E-state index < -0.39 is 33.6 Å². The number of benzene rings is 2. The molecule has 184 valence electrons. The molecule has 1 saturated heterocycles. The van der Waals surface area contributed by atoms with Crippen molar-refractivity contribution >= 4 is 38.6 Å². The highest BCUT2D eigenvalue weighted by atomic mass is 32.2. The summed E-state index contributed by atoms with van der Waals surface area (Å²) in [7, 11) is -3.89. The van der Waals surface area contributed by atoms with Crippen LogP contribution in [0.2, 0.25) is 0 Å². The molecule has 0 spiro atoms. The Kier molecular flexibility index (Phi) is 6.06. The molecule has 1 amide bonds. The van der Waals surface area contributed by atoms with Gasteiger partial charge in [0.05, 0.1) is 16.5 Å². The standard InChI is InChI=1S/C24H20F2N6O3S/c25-15-5-8-18(26)17(12-15)20-2-1-11-32(20)21-10-9-19-22(30-21)23(29-13-28-19)31-24(33)14-3-6-16(7-4-14)36(27,34)35/h3-10,12-13,20H,1-2,11H2,(H2,27,34,35)(H,28,29,31,33)/t20-/m1/s1. The van der Waals surface area contributed by atoms with E-state index in [1.54, 1.807) is 12.1 Å². The van der Waals surface area contributed by atoms with Crippen molar-refractivity contribution in [2.75, 3.05) is 16.8 Å². The van der Waals surface area contributed by atoms with Crippen LogP contribution in [0.25, 0.3) is 11.0 Å². The maximum Gasteiger partial charge on any atom is 0.256 e. The molecule has 36 heavy (non-hydrogen) atoms. The average Bonchev–Trinajstić information content (AvgIpc) is 3.35. The van der Waals surface area contributed by atoms with Gasteiger partial charge in [0, 0.05) is 17.7 Å². The zero-order chi connectivity index (χ0) is 25.4. The van der Waals surface area contributed by atoms with Crippen LogP contribution >= 0.6 is 0 Å². The number of hydrogen-bond acceptors (Lipinski definition) is 7. The van der Waals surface area contributed by atoms with E-state index in [1.165, 1.54) is 36.7 Å². The maximum atomic E-state index is 14.5. The van der Waals surface area contributed by atoms with Crippen LogP contribution in [0.3, 0.4) is 0 Å². The minimum Gasteiger partial charge on any atom is -0.349 e. The van der Waals surface area contributed by atoms with Gasteiger partial charge < -0.3 is 10.2 Å². The third-order valence-electron chi connectivity index (χ3n) is 6.01. The highest BCUT2D eigenvalue weighted by Gasteiger charge is 2.30. The Bertz CT molecular complexity index is 1580. The number of halogens is 2. The predicted molar refractivity (Wildman–Crippen MR) is 129 cm³/mol. The first-order valence-corrected chi connectivity index (χ1v) is 12.5. The van der Waals surface area contributed by atoms with Crippen molar-refractivity contribution < 1.29 is 22.0 Å². The fourth-order valence-corrected chi connectivity index (χ4v) is 4.81. The van der Waals surface area contributed by atoms with Crippen molar-refractivity contribution in [3.63, 3.8) is 0 Å². The van der Waals surface area contributed by atoms with Crippen LogP contribution in [-0.4, -0.2) is 35.8 Å². The summed E-state index contributed by atoms with van der Waals surface area (Å²) in [6, 6.07) is 11.6. The summed E-state index contributed by atoms with van der Waals surface area (Å²) in [4.78, 5) is 27.6. The summed E-state index contributed by atoms with van der Waals surface area (Å²) < 4.78 is 51.2. The molecule has 0 aliphatic carbocycles. The van der Waals surface area contributed by atoms with E-state index in [1.807, 2.05) is 4.90 Å². The Labute approximate surface area is 205 Å². The number of nitrogens with two attached hydrogens (primary N) is 1. The largest absolute Gasteiger partial charge is 0.349 e. The monoisotopic (exact) mass is 510 g/mol. The minimum atomic E-state index is -3.89. The second-order valence-electron chi connectivity index (χ2n) is 8.30. The molecular weight excluding hydrogens is 490 g/mol. The molecule has 0 saturated carbocycles. The molecule has 2 aromatic heterocycles. The molecule has 3 heterocycles. The molecule has 2 aromatic carbocycles. The first-order valence-electron chi connectivity index (χ1n) is 11.0. The molecular formula is C24H20F2N6O3S. The lowest BCUT2D eigenvalue weighted by Gasteiger charge is -2.26. The second-order valence-corrected chi connectivity index (χ2v) is 9.86. The number of carbonyl (C=O) groups excluding carboxylic acids is 1. The number of sulfonamides is 1. The molecule has 1 atom stereocenters. The third kappa shape index (κ3) is 4.60. The van der Waals surface area contributed by atoms with Gasteiger partial charge >= 0.3 is 0 Å². The first-order chi connectivity index (χ1) is 17.2. The molecule has 0 bridgehead atoms. The summed E-state index contributed by atoms with van der Waals surface area (Å²) in [6.07, 6.45) is 2.68. The van der Waals surface area contributed by atoms with E-state index in [4.69, 9.17) is 5.14 Å². The SMILES string of the molecule is NS(=O)(=O)c1ccc(C(=O)Nc2ncnc3ccc(N4CCC[C@@H]4c4cc(F)ccc4F)nc23)cc1. The Morgan fingerprint density at radius 1 is 1.06 bits per heavy atom. The summed E-state index contributed by atoms with van der Waals surface area (Å²) in [5.74, 6) is -0.880. The molecule has 1 aliphatic heterocycles. The summed E-state index contributed by atoms with van der Waals surface area (Å²) in [6.45, 7) is 0.588. The number of amides is 1. The van der Waals surface area contributed by atoms with Crippen molar-refractivity contribution in [3.05, 3.63) is 83.7 Å². The topological polar surface area (TPSA) is 131 Å². The number of hydrogen-bond donors (Lipinski definition) is 2. The fourth-order valence-electron chi connectivity index (χ4n) is 4.29. The quantitative estimate of drug-likeness (QED) is 0.420. The van der Waals surface area contributed by atoms with Crippen molar-refractivity contribution in [2.45, 2.75) is 23.8 Å². The smallest absolute Gasteiger partial charge is 0.256 e. The Morgan fingerprint density at radius 3 is 2.58 bits per heavy atom. The lowest BCUT2D eigenvalue weighted by molar-refractivity contribution is 0.102. The van der Waals surface area contributed by atoms with Gasteiger partial charge in [0.1, 0.15) is 29.3 Å². The molecule has 1 fully saturated rings. The van der Waals surface area contributed by atoms with E-state index in [9.17, 15) is 22.0 Å². The third-order valence-corrected chi connectivity index (χ3v) is 6.94. The second kappa shape index (κ2) is 9.21. The van der Waals surface area contributed by atoms with Crippen molar-refractivity contribution in [2.24, 2.45) is 5.14 Å². The lowest BCUT2D eigenvalue weighted by Crippen LogP contribution is -2.24. The van der Waals surface area contributed by atoms with E-state index in [0.717, 1.165) is 18.6 Å². The number of fused-ring (bicyclic) bond motifs is 1. The van der Waals surface area contributed by atoms with Crippen LogP contribution < -0.4 is 15.4 Å². The van der Waals surface area contributed by atoms with Crippen LogP contribution in [0.4, 0.5) is 20.4 Å². The molecule has 3 N–H and O–H groups in total. The average molecular weight is 511 g/mol. The zero-order valence-corrected chi connectivity index (χ0v) is 19.5. The number of carbonyl (C=O) groups is 1. The molecule has 4 aromatic rings. The van der Waals surface area contributed by atoms with Gasteiger partial charge in [0.2, 0.25) is 10.0 Å². The number of primary sulfonamides is 1. The number of aromatic nitrogens is 3. The highest BCUT2D eigenvalue weighted by Crippen LogP contribution is 2.37. The molecule has 12 heteroatoms. The van der Waals surface area contributed by atoms with Gasteiger partial charge in [-0.15, -0.1) is 0 Å². The minimum absolute atomic E-state index is 0.118. The maximum absolute atomic E-state index is 14.5. The zero-order valence-electron chi connectivity index (χ0n) is 18.7. The number of nitrogens with one attached hydrogen (secondary N) is 1. The normalized spacial score (nSPS) is 15.9. The molecule has 9 nitrogen and oxygen atoms in total. The Hall–Kier alpha value is -4.03. The van der Waals surface area contributed by atoms with Gasteiger partial charge in [-0.25, -0.2) is 37.3 Å². The van der Waals surface area contributed by atoms with Crippen LogP contribution in [0.1, 0.15) is 34.8 Å². The summed E-state index contributed by atoms with van der Waals surface area (Å²) >= 11 is 0. The van der Waals surface area contributed by atoms with E-state index in [2.05, 4.69) is 20.3 Å². The highest BCUT2D eigenvalue weighted by molar-refractivity contribution is 7.89. The van der Waals surface area contributed by atoms with Crippen LogP contribution in [0.15, 0.2) is 65.8 Å². The van der Waals surface area contributed by atoms with Crippen molar-refractivity contribution in [3.8, 4) is 0 Å². The van der Waals surface area contributed by atoms with E-state index in [-0.39, 0.29) is 21.8 Å². The molecule has 5 rings (SSSR count). The predicted octanol–water partition coefficient (Wildman–Crippen LogP) is 3.54. The summed E-state index contributed by atoms with van der Waals surface area (Å²) in [5.41, 5.74) is 1.23. The van der Waals surface area contributed by atoms with Crippen molar-refractivity contribution in [1.29, 1.82) is 0 Å². The van der Waals surface area contributed by atoms with E-state index >= 15 is 0 Å². The number of rotatable bonds is 5. The lowest BCUT2D eigenvalue weighted by atomic mass is 10.0. The van der Waals surface area contributed by atoms with Crippen molar-refractivity contribution in [1.82, 2.24) is 15.0 Å². The number of nitrogens with zero attached hydrogens (tertiary/aromatic N) is 4. The summed E-state index contributed by atoms with van der Waals surface area (Å²) in [5, 5.41) is 7.78. The molecule has 1 aliphatic rings. The first kappa shape index (κ1) is 23.7. The van der Waals surface area contributed by atoms with E-state index in [0.29, 0.717) is 29.8 Å². The van der Waals surface area contributed by atoms with Gasteiger partial charge in [-0.3, -0.25) is 4.79 Å². The van der Waals surface area contributed by atoms with Crippen LogP contribution in [-0.2, 0) is 10.0 Å². The molecule has 0 unspecified atom stereocenters. The van der Waals surface area contributed by atoms with Crippen LogP contribution in [0, 0.1) is 11.6 Å².